The van der Waals surface area contributed by atoms with Gasteiger partial charge >= 0.3 is 0 Å². The average Bonchev–Trinajstić information content (AvgIpc) is 3.46. The molecule has 2 amide bonds. The van der Waals surface area contributed by atoms with Crippen molar-refractivity contribution in [2.75, 3.05) is 13.2 Å². The lowest BCUT2D eigenvalue weighted by molar-refractivity contribution is -0.141. The molecule has 5 rings (SSSR count). The van der Waals surface area contributed by atoms with E-state index in [2.05, 4.69) is 5.10 Å². The molecule has 0 bridgehead atoms. The fraction of sp³-hybridized carbons (Fsp3) is 0.476. The fourth-order valence-electron chi connectivity index (χ4n) is 5.03. The lowest BCUT2D eigenvalue weighted by atomic mass is 10.0. The van der Waals surface area contributed by atoms with Gasteiger partial charge in [0, 0.05) is 38.3 Å². The fourth-order valence-corrected chi connectivity index (χ4v) is 5.03. The Morgan fingerprint density at radius 1 is 1.25 bits per heavy atom. The topological polar surface area (TPSA) is 67.7 Å². The van der Waals surface area contributed by atoms with E-state index >= 15 is 0 Å². The van der Waals surface area contributed by atoms with E-state index in [0.29, 0.717) is 32.4 Å². The van der Waals surface area contributed by atoms with Crippen LogP contribution in [0.4, 0.5) is 0 Å². The van der Waals surface area contributed by atoms with Gasteiger partial charge in [0.25, 0.3) is 0 Å². The smallest absolute Gasteiger partial charge is 0.227 e. The second kappa shape index (κ2) is 6.74. The number of aryl methyl sites for hydroxylation is 1. The summed E-state index contributed by atoms with van der Waals surface area (Å²) in [5, 5.41) is 4.17. The lowest BCUT2D eigenvalue weighted by Crippen LogP contribution is -2.49. The van der Waals surface area contributed by atoms with Gasteiger partial charge in [-0.05, 0) is 18.1 Å². The molecular weight excluding hydrogens is 356 g/mol. The molecule has 0 N–H and O–H groups in total. The van der Waals surface area contributed by atoms with Gasteiger partial charge in [0.1, 0.15) is 0 Å². The molecule has 146 valence electrons. The van der Waals surface area contributed by atoms with Gasteiger partial charge in [0.05, 0.1) is 25.1 Å². The summed E-state index contributed by atoms with van der Waals surface area (Å²) < 4.78 is 8.10. The third kappa shape index (κ3) is 2.64. The molecule has 3 saturated heterocycles. The molecule has 1 spiro atoms. The molecule has 1 aromatic heterocycles. The first-order valence-electron chi connectivity index (χ1n) is 9.97. The summed E-state index contributed by atoms with van der Waals surface area (Å²) in [6.45, 7) is 1.87. The van der Waals surface area contributed by atoms with Crippen LogP contribution in [0.25, 0.3) is 0 Å². The molecule has 3 aliphatic heterocycles. The zero-order chi connectivity index (χ0) is 19.1. The van der Waals surface area contributed by atoms with E-state index in [-0.39, 0.29) is 23.9 Å². The normalized spacial score (nSPS) is 28.6. The molecule has 7 heteroatoms. The van der Waals surface area contributed by atoms with Crippen molar-refractivity contribution in [3.63, 3.8) is 0 Å². The van der Waals surface area contributed by atoms with Crippen molar-refractivity contribution in [1.82, 2.24) is 19.6 Å². The zero-order valence-electron chi connectivity index (χ0n) is 15.7. The molecular formula is C21H24N4O3. The highest BCUT2D eigenvalue weighted by Crippen LogP contribution is 2.51. The summed E-state index contributed by atoms with van der Waals surface area (Å²) in [4.78, 5) is 29.6. The zero-order valence-corrected chi connectivity index (χ0v) is 15.7. The van der Waals surface area contributed by atoms with Crippen LogP contribution in [0, 0.1) is 0 Å². The highest BCUT2D eigenvalue weighted by molar-refractivity contribution is 5.85. The Kier molecular flexibility index (Phi) is 4.19. The van der Waals surface area contributed by atoms with Crippen LogP contribution in [0.5, 0.6) is 0 Å². The molecule has 3 aliphatic rings. The van der Waals surface area contributed by atoms with Crippen LogP contribution in [0.3, 0.4) is 0 Å². The van der Waals surface area contributed by atoms with Crippen LogP contribution < -0.4 is 0 Å². The molecule has 3 fully saturated rings. The van der Waals surface area contributed by atoms with Crippen molar-refractivity contribution in [2.24, 2.45) is 0 Å². The number of likely N-dealkylation sites (tertiary alicyclic amines) is 1. The Bertz CT molecular complexity index is 869. The summed E-state index contributed by atoms with van der Waals surface area (Å²) >= 11 is 0. The monoisotopic (exact) mass is 380 g/mol. The van der Waals surface area contributed by atoms with E-state index in [9.17, 15) is 9.59 Å². The van der Waals surface area contributed by atoms with E-state index in [1.54, 1.807) is 6.20 Å². The van der Waals surface area contributed by atoms with E-state index in [1.807, 2.05) is 57.1 Å². The number of benzene rings is 1. The predicted molar refractivity (Wildman–Crippen MR) is 101 cm³/mol. The van der Waals surface area contributed by atoms with E-state index in [1.165, 1.54) is 0 Å². The van der Waals surface area contributed by atoms with Gasteiger partial charge in [0.15, 0.2) is 5.72 Å². The lowest BCUT2D eigenvalue weighted by Gasteiger charge is -2.33. The van der Waals surface area contributed by atoms with Crippen molar-refractivity contribution in [1.29, 1.82) is 0 Å². The molecule has 0 aliphatic carbocycles. The Labute approximate surface area is 163 Å². The van der Waals surface area contributed by atoms with Crippen molar-refractivity contribution >= 4 is 11.8 Å². The predicted octanol–water partition coefficient (Wildman–Crippen LogP) is 1.96. The van der Waals surface area contributed by atoms with Gasteiger partial charge in [-0.25, -0.2) is 0 Å². The van der Waals surface area contributed by atoms with Gasteiger partial charge in [-0.15, -0.1) is 0 Å². The highest BCUT2D eigenvalue weighted by Gasteiger charge is 2.65. The van der Waals surface area contributed by atoms with E-state index < -0.39 is 5.72 Å². The number of aromatic nitrogens is 2. The Balaban J connectivity index is 1.29. The van der Waals surface area contributed by atoms with Gasteiger partial charge in [-0.2, -0.15) is 5.10 Å². The number of carbonyl (C=O) groups excluding carboxylic acids is 2. The maximum atomic E-state index is 12.9. The summed E-state index contributed by atoms with van der Waals surface area (Å²) in [5.41, 5.74) is 0.451. The number of nitrogens with zero attached hydrogens (tertiary/aromatic N) is 4. The molecule has 1 aromatic carbocycles. The third-order valence-electron chi connectivity index (χ3n) is 6.30. The van der Waals surface area contributed by atoms with E-state index in [0.717, 1.165) is 18.5 Å². The van der Waals surface area contributed by atoms with Crippen LogP contribution in [0.1, 0.15) is 37.3 Å². The highest BCUT2D eigenvalue weighted by atomic mass is 16.5. The SMILES string of the molecule is O=C(CCCn1cccn1)N1CC[C@@]23OC[C@@H](c4ccccc4)N2C(=O)C[C@@H]13. The molecule has 3 atom stereocenters. The maximum absolute atomic E-state index is 12.9. The number of hydrogen-bond donors (Lipinski definition) is 0. The first-order chi connectivity index (χ1) is 13.7. The van der Waals surface area contributed by atoms with Crippen LogP contribution in [-0.2, 0) is 20.9 Å². The van der Waals surface area contributed by atoms with E-state index in [4.69, 9.17) is 4.74 Å². The molecule has 0 unspecified atom stereocenters. The minimum absolute atomic E-state index is 0.0615. The van der Waals surface area contributed by atoms with Crippen molar-refractivity contribution in [2.45, 2.75) is 50.0 Å². The van der Waals surface area contributed by atoms with Gasteiger partial charge in [-0.3, -0.25) is 14.3 Å². The second-order valence-electron chi connectivity index (χ2n) is 7.78. The van der Waals surface area contributed by atoms with Crippen LogP contribution in [0.15, 0.2) is 48.8 Å². The quantitative estimate of drug-likeness (QED) is 0.795. The number of hydrogen-bond acceptors (Lipinski definition) is 4. The Morgan fingerprint density at radius 2 is 2.11 bits per heavy atom. The first-order valence-corrected chi connectivity index (χ1v) is 9.97. The largest absolute Gasteiger partial charge is 0.351 e. The summed E-state index contributed by atoms with van der Waals surface area (Å²) in [6, 6.07) is 11.7. The van der Waals surface area contributed by atoms with Gasteiger partial charge in [0.2, 0.25) is 11.8 Å². The standard InChI is InChI=1S/C21H24N4O3/c26-19(8-4-11-23-12-5-10-22-23)24-13-9-21-18(24)14-20(27)25(21)17(15-28-21)16-6-2-1-3-7-16/h1-3,5-7,10,12,17-18H,4,8-9,11,13-15H2/t17-,18+,21-/m0/s1. The molecule has 2 aromatic rings. The molecule has 0 radical (unpaired) electrons. The molecule has 28 heavy (non-hydrogen) atoms. The van der Waals surface area contributed by atoms with Crippen LogP contribution in [-0.4, -0.2) is 56.3 Å². The average molecular weight is 380 g/mol. The van der Waals surface area contributed by atoms with Crippen molar-refractivity contribution in [3.05, 3.63) is 54.4 Å². The Hall–Kier alpha value is -2.67. The number of ether oxygens (including phenoxy) is 1. The molecule has 7 nitrogen and oxygen atoms in total. The minimum atomic E-state index is -0.644. The van der Waals surface area contributed by atoms with Crippen LogP contribution in [0.2, 0.25) is 0 Å². The second-order valence-corrected chi connectivity index (χ2v) is 7.78. The number of carbonyl (C=O) groups is 2. The number of amides is 2. The Morgan fingerprint density at radius 3 is 2.89 bits per heavy atom. The molecule has 4 heterocycles. The first kappa shape index (κ1) is 17.4. The minimum Gasteiger partial charge on any atom is -0.351 e. The van der Waals surface area contributed by atoms with Gasteiger partial charge < -0.3 is 14.5 Å². The summed E-state index contributed by atoms with van der Waals surface area (Å²) in [7, 11) is 0. The third-order valence-corrected chi connectivity index (χ3v) is 6.30. The molecule has 0 saturated carbocycles. The number of rotatable bonds is 5. The summed E-state index contributed by atoms with van der Waals surface area (Å²) in [6.07, 6.45) is 5.89. The van der Waals surface area contributed by atoms with Crippen molar-refractivity contribution < 1.29 is 14.3 Å². The van der Waals surface area contributed by atoms with Gasteiger partial charge in [-0.1, -0.05) is 30.3 Å². The van der Waals surface area contributed by atoms with Crippen LogP contribution >= 0.6 is 0 Å². The van der Waals surface area contributed by atoms with Crippen molar-refractivity contribution in [3.8, 4) is 0 Å². The maximum Gasteiger partial charge on any atom is 0.227 e. The summed E-state index contributed by atoms with van der Waals surface area (Å²) in [5.74, 6) is 0.195.